The highest BCUT2D eigenvalue weighted by Gasteiger charge is 2.16. The first-order chi connectivity index (χ1) is 18.1. The Hall–Kier alpha value is -5.26. The zero-order valence-corrected chi connectivity index (χ0v) is 20.4. The van der Waals surface area contributed by atoms with Crippen molar-refractivity contribution in [2.24, 2.45) is 0 Å². The van der Waals surface area contributed by atoms with Crippen LogP contribution in [0.1, 0.15) is 22.5 Å². The fourth-order valence-corrected chi connectivity index (χ4v) is 5.07. The Balaban J connectivity index is 1.55. The van der Waals surface area contributed by atoms with Gasteiger partial charge in [0.2, 0.25) is 5.82 Å². The zero-order chi connectivity index (χ0) is 25.5. The second kappa shape index (κ2) is 8.75. The smallest absolute Gasteiger partial charge is 0.232 e. The molecular formula is C32H21N5. The Morgan fingerprint density at radius 3 is 2.19 bits per heavy atom. The number of para-hydroxylation sites is 1. The van der Waals surface area contributed by atoms with Crippen LogP contribution >= 0.6 is 0 Å². The molecule has 2 heterocycles. The van der Waals surface area contributed by atoms with Gasteiger partial charge in [0.25, 0.3) is 0 Å². The number of hydrogen-bond donors (Lipinski definition) is 0. The first-order valence-electron chi connectivity index (χ1n) is 12.0. The second-order valence-electron chi connectivity index (χ2n) is 9.15. The van der Waals surface area contributed by atoms with Gasteiger partial charge in [-0.1, -0.05) is 54.1 Å². The summed E-state index contributed by atoms with van der Waals surface area (Å²) < 4.78 is 2.16. The summed E-state index contributed by atoms with van der Waals surface area (Å²) in [5, 5.41) is 21.4. The van der Waals surface area contributed by atoms with Gasteiger partial charge in [0, 0.05) is 28.7 Å². The topological polar surface area (TPSA) is 78.3 Å². The van der Waals surface area contributed by atoms with Gasteiger partial charge < -0.3 is 4.57 Å². The molecule has 0 saturated carbocycles. The molecule has 0 bridgehead atoms. The molecule has 5 heteroatoms. The Labute approximate surface area is 214 Å². The highest BCUT2D eigenvalue weighted by molar-refractivity contribution is 6.10. The maximum Gasteiger partial charge on any atom is 0.232 e. The average Bonchev–Trinajstić information content (AvgIpc) is 3.26. The second-order valence-corrected chi connectivity index (χ2v) is 9.15. The molecule has 0 atom stereocenters. The van der Waals surface area contributed by atoms with E-state index >= 15 is 0 Å². The fraction of sp³-hybridized carbons (Fsp3) is 0.0625. The fourth-order valence-electron chi connectivity index (χ4n) is 5.07. The van der Waals surface area contributed by atoms with Crippen molar-refractivity contribution in [1.29, 1.82) is 10.5 Å². The highest BCUT2D eigenvalue weighted by atomic mass is 15.0. The number of nitriles is 2. The summed E-state index contributed by atoms with van der Waals surface area (Å²) in [6.45, 7) is 4.26. The van der Waals surface area contributed by atoms with Crippen LogP contribution in [0, 0.1) is 36.5 Å². The van der Waals surface area contributed by atoms with Crippen LogP contribution in [0.2, 0.25) is 0 Å². The molecule has 5 nitrogen and oxygen atoms in total. The van der Waals surface area contributed by atoms with Crippen LogP contribution in [0.5, 0.6) is 0 Å². The minimum absolute atomic E-state index is 0.117. The van der Waals surface area contributed by atoms with Gasteiger partial charge >= 0.3 is 0 Å². The zero-order valence-electron chi connectivity index (χ0n) is 20.4. The molecule has 0 saturated heterocycles. The molecule has 0 radical (unpaired) electrons. The third kappa shape index (κ3) is 3.71. The van der Waals surface area contributed by atoms with Crippen LogP contribution in [0.4, 0.5) is 0 Å². The minimum atomic E-state index is 0.117. The largest absolute Gasteiger partial charge is 0.308 e. The maximum atomic E-state index is 10.1. The van der Waals surface area contributed by atoms with Gasteiger partial charge in [-0.15, -0.1) is 0 Å². The lowest BCUT2D eigenvalue weighted by atomic mass is 9.97. The van der Waals surface area contributed by atoms with Gasteiger partial charge in [-0.05, 0) is 66.4 Å². The first kappa shape index (κ1) is 22.2. The van der Waals surface area contributed by atoms with Crippen LogP contribution in [-0.2, 0) is 0 Å². The van der Waals surface area contributed by atoms with E-state index in [2.05, 4.69) is 89.0 Å². The highest BCUT2D eigenvalue weighted by Crippen LogP contribution is 2.37. The van der Waals surface area contributed by atoms with E-state index in [9.17, 15) is 5.26 Å². The van der Waals surface area contributed by atoms with Gasteiger partial charge in [-0.2, -0.15) is 10.5 Å². The summed E-state index contributed by atoms with van der Waals surface area (Å²) in [7, 11) is 0. The van der Waals surface area contributed by atoms with Crippen molar-refractivity contribution >= 4 is 21.8 Å². The van der Waals surface area contributed by atoms with E-state index in [4.69, 9.17) is 5.26 Å². The molecule has 0 unspecified atom stereocenters. The molecule has 6 rings (SSSR count). The molecule has 4 aromatic carbocycles. The lowest BCUT2D eigenvalue weighted by Gasteiger charge is -2.12. The number of aromatic nitrogens is 3. The molecule has 6 aromatic rings. The van der Waals surface area contributed by atoms with Gasteiger partial charge in [-0.25, -0.2) is 9.97 Å². The molecule has 0 fully saturated rings. The van der Waals surface area contributed by atoms with E-state index in [0.29, 0.717) is 5.56 Å². The van der Waals surface area contributed by atoms with Crippen molar-refractivity contribution in [3.05, 3.63) is 114 Å². The van der Waals surface area contributed by atoms with Crippen molar-refractivity contribution in [2.45, 2.75) is 13.8 Å². The van der Waals surface area contributed by atoms with E-state index in [-0.39, 0.29) is 5.82 Å². The number of nitrogens with zero attached hydrogens (tertiary/aromatic N) is 5. The van der Waals surface area contributed by atoms with Crippen molar-refractivity contribution in [2.75, 3.05) is 0 Å². The van der Waals surface area contributed by atoms with Crippen molar-refractivity contribution in [3.63, 3.8) is 0 Å². The van der Waals surface area contributed by atoms with E-state index in [1.807, 2.05) is 30.3 Å². The normalized spacial score (nSPS) is 10.9. The molecule has 0 N–H and O–H groups in total. The predicted molar refractivity (Wildman–Crippen MR) is 146 cm³/mol. The lowest BCUT2D eigenvalue weighted by molar-refractivity contribution is 1.11. The number of rotatable bonds is 3. The molecular weight excluding hydrogens is 454 g/mol. The summed E-state index contributed by atoms with van der Waals surface area (Å²) in [5.74, 6) is 0.117. The third-order valence-electron chi connectivity index (χ3n) is 6.81. The SMILES string of the molecule is Cc1ccc(-c2ccc3c(c2)c2ccccc2n3-c2ccc(-c3cnc(C#N)nc3)cc2C#N)c(C)c1. The van der Waals surface area contributed by atoms with Gasteiger partial charge in [0.1, 0.15) is 12.1 Å². The molecule has 37 heavy (non-hydrogen) atoms. The van der Waals surface area contributed by atoms with E-state index in [1.54, 1.807) is 12.4 Å². The van der Waals surface area contributed by atoms with E-state index < -0.39 is 0 Å². The summed E-state index contributed by atoms with van der Waals surface area (Å²) in [4.78, 5) is 8.13. The van der Waals surface area contributed by atoms with Crippen LogP contribution in [0.3, 0.4) is 0 Å². The first-order valence-corrected chi connectivity index (χ1v) is 12.0. The van der Waals surface area contributed by atoms with E-state index in [0.717, 1.165) is 38.6 Å². The maximum absolute atomic E-state index is 10.1. The Bertz CT molecular complexity index is 1910. The number of aryl methyl sites for hydroxylation is 2. The van der Waals surface area contributed by atoms with Crippen molar-refractivity contribution in [3.8, 4) is 40.1 Å². The number of fused-ring (bicyclic) bond motifs is 3. The summed E-state index contributed by atoms with van der Waals surface area (Å²) in [6.07, 6.45) is 3.22. The van der Waals surface area contributed by atoms with Gasteiger partial charge in [0.15, 0.2) is 0 Å². The van der Waals surface area contributed by atoms with E-state index in [1.165, 1.54) is 22.3 Å². The summed E-state index contributed by atoms with van der Waals surface area (Å²) in [6, 6.07) is 31.5. The van der Waals surface area contributed by atoms with Crippen LogP contribution < -0.4 is 0 Å². The predicted octanol–water partition coefficient (Wildman–Crippen LogP) is 7.27. The van der Waals surface area contributed by atoms with Crippen LogP contribution in [-0.4, -0.2) is 14.5 Å². The lowest BCUT2D eigenvalue weighted by Crippen LogP contribution is -1.98. The van der Waals surface area contributed by atoms with Crippen LogP contribution in [0.25, 0.3) is 49.7 Å². The molecule has 0 amide bonds. The molecule has 0 aliphatic rings. The molecule has 0 spiro atoms. The number of benzene rings is 4. The molecule has 0 aliphatic heterocycles. The van der Waals surface area contributed by atoms with Crippen LogP contribution in [0.15, 0.2) is 91.3 Å². The standard InChI is InChI=1S/C32H21N5/c1-20-7-10-26(21(2)13-20)23-9-12-31-28(15-23)27-5-3-4-6-30(27)37(31)29-11-8-22(14-24(29)16-33)25-18-35-32(17-34)36-19-25/h3-15,18-19H,1-2H3. The quantitative estimate of drug-likeness (QED) is 0.270. The van der Waals surface area contributed by atoms with Crippen molar-refractivity contribution in [1.82, 2.24) is 14.5 Å². The monoisotopic (exact) mass is 475 g/mol. The summed E-state index contributed by atoms with van der Waals surface area (Å²) >= 11 is 0. The number of hydrogen-bond acceptors (Lipinski definition) is 4. The molecule has 2 aromatic heterocycles. The van der Waals surface area contributed by atoms with Gasteiger partial charge in [-0.3, -0.25) is 0 Å². The average molecular weight is 476 g/mol. The Kier molecular flexibility index (Phi) is 5.26. The molecule has 174 valence electrons. The minimum Gasteiger partial charge on any atom is -0.308 e. The summed E-state index contributed by atoms with van der Waals surface area (Å²) in [5.41, 5.74) is 9.90. The Morgan fingerprint density at radius 1 is 0.676 bits per heavy atom. The third-order valence-corrected chi connectivity index (χ3v) is 6.81. The molecule has 0 aliphatic carbocycles. The Morgan fingerprint density at radius 2 is 1.43 bits per heavy atom. The van der Waals surface area contributed by atoms with Crippen molar-refractivity contribution < 1.29 is 0 Å². The van der Waals surface area contributed by atoms with Gasteiger partial charge in [0.05, 0.1) is 22.3 Å².